The van der Waals surface area contributed by atoms with Crippen molar-refractivity contribution >= 4 is 27.8 Å². The van der Waals surface area contributed by atoms with Crippen molar-refractivity contribution in [1.29, 1.82) is 0 Å². The summed E-state index contributed by atoms with van der Waals surface area (Å²) in [7, 11) is 0. The van der Waals surface area contributed by atoms with Crippen LogP contribution in [0.2, 0.25) is 0 Å². The van der Waals surface area contributed by atoms with Gasteiger partial charge >= 0.3 is 5.97 Å². The Kier molecular flexibility index (Phi) is 1.42. The van der Waals surface area contributed by atoms with E-state index in [1.54, 1.807) is 6.20 Å². The molecule has 1 aromatic carbocycles. The first-order valence-electron chi connectivity index (χ1n) is 4.48. The van der Waals surface area contributed by atoms with Gasteiger partial charge in [-0.15, -0.1) is 0 Å². The lowest BCUT2D eigenvalue weighted by atomic mass is 10.2. The highest BCUT2D eigenvalue weighted by Crippen LogP contribution is 2.27. The van der Waals surface area contributed by atoms with Gasteiger partial charge in [0.1, 0.15) is 5.58 Å². The molecule has 4 nitrogen and oxygen atoms in total. The smallest absolute Gasteiger partial charge is 0.371 e. The molecule has 2 N–H and O–H groups in total. The van der Waals surface area contributed by atoms with Gasteiger partial charge < -0.3 is 14.5 Å². The summed E-state index contributed by atoms with van der Waals surface area (Å²) in [5.74, 6) is -1.08. The number of carboxylic acids is 1. The van der Waals surface area contributed by atoms with E-state index in [4.69, 9.17) is 9.52 Å². The van der Waals surface area contributed by atoms with Crippen LogP contribution in [0, 0.1) is 0 Å². The summed E-state index contributed by atoms with van der Waals surface area (Å²) in [5.41, 5.74) is 1.56. The lowest BCUT2D eigenvalue weighted by molar-refractivity contribution is 0.0665. The summed E-state index contributed by atoms with van der Waals surface area (Å²) >= 11 is 0. The zero-order valence-electron chi connectivity index (χ0n) is 7.65. The molecule has 2 heterocycles. The van der Waals surface area contributed by atoms with Crippen LogP contribution < -0.4 is 0 Å². The normalized spacial score (nSPS) is 11.2. The van der Waals surface area contributed by atoms with E-state index in [9.17, 15) is 4.79 Å². The van der Waals surface area contributed by atoms with Gasteiger partial charge in [-0.2, -0.15) is 0 Å². The van der Waals surface area contributed by atoms with E-state index >= 15 is 0 Å². The van der Waals surface area contributed by atoms with Gasteiger partial charge in [0.15, 0.2) is 0 Å². The van der Waals surface area contributed by atoms with Gasteiger partial charge in [-0.1, -0.05) is 0 Å². The van der Waals surface area contributed by atoms with Gasteiger partial charge in [0.25, 0.3) is 0 Å². The predicted octanol–water partition coefficient (Wildman–Crippen LogP) is 2.61. The van der Waals surface area contributed by atoms with Crippen molar-refractivity contribution in [3.63, 3.8) is 0 Å². The number of aromatic carboxylic acids is 1. The molecule has 4 heteroatoms. The molecule has 0 radical (unpaired) electrons. The second-order valence-electron chi connectivity index (χ2n) is 3.34. The molecule has 0 unspecified atom stereocenters. The molecule has 0 saturated heterocycles. The van der Waals surface area contributed by atoms with Gasteiger partial charge in [0, 0.05) is 22.5 Å². The number of furan rings is 1. The van der Waals surface area contributed by atoms with Gasteiger partial charge in [-0.25, -0.2) is 4.79 Å². The minimum Gasteiger partial charge on any atom is -0.475 e. The average molecular weight is 201 g/mol. The number of benzene rings is 1. The van der Waals surface area contributed by atoms with Crippen molar-refractivity contribution in [2.24, 2.45) is 0 Å². The molecule has 0 spiro atoms. The number of aromatic amines is 1. The van der Waals surface area contributed by atoms with Crippen molar-refractivity contribution in [1.82, 2.24) is 4.98 Å². The van der Waals surface area contributed by atoms with Gasteiger partial charge in [-0.3, -0.25) is 0 Å². The highest BCUT2D eigenvalue weighted by atomic mass is 16.4. The standard InChI is InChI=1S/C11H7NO3/c13-11(14)9-5-6-1-2-8-7(3-4-12-8)10(6)15-9/h1-5,12H,(H,13,14). The van der Waals surface area contributed by atoms with Crippen LogP contribution in [0.1, 0.15) is 10.6 Å². The third kappa shape index (κ3) is 1.05. The van der Waals surface area contributed by atoms with Crippen molar-refractivity contribution in [2.45, 2.75) is 0 Å². The number of H-pyrrole nitrogens is 1. The van der Waals surface area contributed by atoms with E-state index in [2.05, 4.69) is 4.98 Å². The molecule has 0 atom stereocenters. The Hall–Kier alpha value is -2.23. The molecule has 2 aromatic heterocycles. The summed E-state index contributed by atoms with van der Waals surface area (Å²) in [6.45, 7) is 0. The molecule has 0 fully saturated rings. The number of rotatable bonds is 1. The number of fused-ring (bicyclic) bond motifs is 3. The van der Waals surface area contributed by atoms with Crippen LogP contribution in [0.5, 0.6) is 0 Å². The second kappa shape index (κ2) is 2.63. The maximum Gasteiger partial charge on any atom is 0.371 e. The molecule has 0 amide bonds. The van der Waals surface area contributed by atoms with Crippen LogP contribution >= 0.6 is 0 Å². The lowest BCUT2D eigenvalue weighted by Gasteiger charge is -1.90. The quantitative estimate of drug-likeness (QED) is 0.635. The predicted molar refractivity (Wildman–Crippen MR) is 55.0 cm³/mol. The van der Waals surface area contributed by atoms with Crippen LogP contribution in [0.15, 0.2) is 34.9 Å². The Balaban J connectivity index is 2.46. The first kappa shape index (κ1) is 8.11. The van der Waals surface area contributed by atoms with Crippen LogP contribution in [0.25, 0.3) is 21.9 Å². The van der Waals surface area contributed by atoms with Crippen molar-refractivity contribution in [3.8, 4) is 0 Å². The van der Waals surface area contributed by atoms with Crippen molar-refractivity contribution in [2.75, 3.05) is 0 Å². The maximum absolute atomic E-state index is 10.7. The summed E-state index contributed by atoms with van der Waals surface area (Å²) < 4.78 is 5.28. The van der Waals surface area contributed by atoms with E-state index in [0.29, 0.717) is 5.58 Å². The third-order valence-electron chi connectivity index (χ3n) is 2.42. The number of hydrogen-bond acceptors (Lipinski definition) is 2. The monoisotopic (exact) mass is 201 g/mol. The fourth-order valence-electron chi connectivity index (χ4n) is 1.74. The Morgan fingerprint density at radius 3 is 3.00 bits per heavy atom. The molecular weight excluding hydrogens is 194 g/mol. The Morgan fingerprint density at radius 2 is 2.20 bits per heavy atom. The highest BCUT2D eigenvalue weighted by molar-refractivity contribution is 6.05. The summed E-state index contributed by atoms with van der Waals surface area (Å²) in [4.78, 5) is 13.8. The van der Waals surface area contributed by atoms with Crippen molar-refractivity contribution < 1.29 is 14.3 Å². The minimum absolute atomic E-state index is 0.0290. The molecule has 3 rings (SSSR count). The molecule has 0 bridgehead atoms. The minimum atomic E-state index is -1.05. The molecule has 0 aliphatic carbocycles. The third-order valence-corrected chi connectivity index (χ3v) is 2.42. The fourth-order valence-corrected chi connectivity index (χ4v) is 1.74. The van der Waals surface area contributed by atoms with Crippen LogP contribution in [-0.4, -0.2) is 16.1 Å². The van der Waals surface area contributed by atoms with Gasteiger partial charge in [0.05, 0.1) is 0 Å². The van der Waals surface area contributed by atoms with E-state index in [-0.39, 0.29) is 5.76 Å². The van der Waals surface area contributed by atoms with Crippen LogP contribution in [-0.2, 0) is 0 Å². The maximum atomic E-state index is 10.7. The fraction of sp³-hybridized carbons (Fsp3) is 0. The molecule has 0 aliphatic rings. The van der Waals surface area contributed by atoms with Crippen LogP contribution in [0.4, 0.5) is 0 Å². The Labute approximate surface area is 84.1 Å². The number of carbonyl (C=O) groups is 1. The topological polar surface area (TPSA) is 66.2 Å². The first-order valence-corrected chi connectivity index (χ1v) is 4.48. The number of aromatic nitrogens is 1. The van der Waals surface area contributed by atoms with E-state index in [1.807, 2.05) is 18.2 Å². The van der Waals surface area contributed by atoms with E-state index in [0.717, 1.165) is 16.3 Å². The molecule has 3 aromatic rings. The number of nitrogens with one attached hydrogen (secondary N) is 1. The zero-order valence-corrected chi connectivity index (χ0v) is 7.65. The second-order valence-corrected chi connectivity index (χ2v) is 3.34. The average Bonchev–Trinajstić information content (AvgIpc) is 2.82. The van der Waals surface area contributed by atoms with Crippen molar-refractivity contribution in [3.05, 3.63) is 36.2 Å². The zero-order chi connectivity index (χ0) is 10.4. The first-order chi connectivity index (χ1) is 7.25. The van der Waals surface area contributed by atoms with Crippen LogP contribution in [0.3, 0.4) is 0 Å². The summed E-state index contributed by atoms with van der Waals surface area (Å²) in [6, 6.07) is 7.14. The molecule has 15 heavy (non-hydrogen) atoms. The molecule has 0 saturated carbocycles. The molecule has 74 valence electrons. The molecule has 0 aliphatic heterocycles. The SMILES string of the molecule is O=C(O)c1cc2ccc3[nH]ccc3c2o1. The van der Waals surface area contributed by atoms with E-state index < -0.39 is 5.97 Å². The number of carboxylic acid groups (broad SMARTS) is 1. The van der Waals surface area contributed by atoms with Gasteiger partial charge in [-0.05, 0) is 24.3 Å². The Morgan fingerprint density at radius 1 is 1.33 bits per heavy atom. The summed E-state index contributed by atoms with van der Waals surface area (Å²) in [5, 5.41) is 10.5. The molecular formula is C11H7NO3. The van der Waals surface area contributed by atoms with E-state index in [1.165, 1.54) is 6.07 Å². The lowest BCUT2D eigenvalue weighted by Crippen LogP contribution is -1.91. The largest absolute Gasteiger partial charge is 0.475 e. The summed E-state index contributed by atoms with van der Waals surface area (Å²) in [6.07, 6.45) is 1.80. The highest BCUT2D eigenvalue weighted by Gasteiger charge is 2.12. The number of hydrogen-bond donors (Lipinski definition) is 2. The Bertz CT molecular complexity index is 663. The van der Waals surface area contributed by atoms with Gasteiger partial charge in [0.2, 0.25) is 5.76 Å².